The average Bonchev–Trinajstić information content (AvgIpc) is 3.05. The molecule has 0 spiro atoms. The van der Waals surface area contributed by atoms with E-state index >= 15 is 0 Å². The molecule has 1 heterocycles. The van der Waals surface area contributed by atoms with E-state index in [0.29, 0.717) is 27.6 Å². The number of halogens is 3. The van der Waals surface area contributed by atoms with Crippen LogP contribution < -0.4 is 5.32 Å². The van der Waals surface area contributed by atoms with E-state index in [2.05, 4.69) is 26.2 Å². The number of nitrogens with zero attached hydrogens (tertiary/aromatic N) is 1. The van der Waals surface area contributed by atoms with Gasteiger partial charge in [0.25, 0.3) is 0 Å². The van der Waals surface area contributed by atoms with Crippen LogP contribution in [0.5, 0.6) is 0 Å². The summed E-state index contributed by atoms with van der Waals surface area (Å²) in [6.45, 7) is 0. The van der Waals surface area contributed by atoms with Crippen molar-refractivity contribution < 1.29 is 13.6 Å². The summed E-state index contributed by atoms with van der Waals surface area (Å²) >= 11 is 9.29. The Bertz CT molecular complexity index is 914. The zero-order chi connectivity index (χ0) is 17.8. The zero-order valence-electron chi connectivity index (χ0n) is 12.9. The van der Waals surface area contributed by atoms with Gasteiger partial charge in [0, 0.05) is 22.9 Å². The Hall–Kier alpha value is -2.18. The minimum absolute atomic E-state index is 0.123. The first-order chi connectivity index (χ1) is 12.0. The second-order valence-electron chi connectivity index (χ2n) is 5.27. The van der Waals surface area contributed by atoms with Gasteiger partial charge in [0.1, 0.15) is 5.82 Å². The molecule has 0 aliphatic carbocycles. The second-order valence-corrected chi connectivity index (χ2v) is 6.59. The summed E-state index contributed by atoms with van der Waals surface area (Å²) in [5.41, 5.74) is 0.877. The second kappa shape index (κ2) is 7.80. The highest BCUT2D eigenvalue weighted by molar-refractivity contribution is 9.10. The van der Waals surface area contributed by atoms with Crippen LogP contribution in [0.3, 0.4) is 0 Å². The van der Waals surface area contributed by atoms with Gasteiger partial charge < -0.3 is 9.73 Å². The Morgan fingerprint density at radius 2 is 2.08 bits per heavy atom. The van der Waals surface area contributed by atoms with E-state index in [1.165, 1.54) is 12.1 Å². The Morgan fingerprint density at radius 3 is 2.84 bits per heavy atom. The van der Waals surface area contributed by atoms with Gasteiger partial charge in [-0.2, -0.15) is 0 Å². The zero-order valence-corrected chi connectivity index (χ0v) is 15.3. The highest BCUT2D eigenvalue weighted by Gasteiger charge is 2.12. The number of oxazole rings is 1. The summed E-state index contributed by atoms with van der Waals surface area (Å²) in [6, 6.07) is 11.7. The van der Waals surface area contributed by atoms with Crippen molar-refractivity contribution in [3.8, 4) is 11.3 Å². The van der Waals surface area contributed by atoms with E-state index in [4.69, 9.17) is 16.0 Å². The summed E-state index contributed by atoms with van der Waals surface area (Å²) < 4.78 is 20.0. The smallest absolute Gasteiger partial charge is 0.224 e. The molecular formula is C18H13BrClFN2O2. The van der Waals surface area contributed by atoms with Crippen molar-refractivity contribution in [2.45, 2.75) is 12.8 Å². The maximum absolute atomic E-state index is 13.7. The molecule has 1 N–H and O–H groups in total. The van der Waals surface area contributed by atoms with E-state index in [0.717, 1.165) is 5.56 Å². The van der Waals surface area contributed by atoms with Crippen LogP contribution in [0, 0.1) is 5.82 Å². The molecule has 0 aliphatic heterocycles. The summed E-state index contributed by atoms with van der Waals surface area (Å²) in [5, 5.41) is 3.09. The number of aryl methyl sites for hydroxylation is 1. The molecule has 2 aromatic carbocycles. The Kier molecular flexibility index (Phi) is 5.50. The lowest BCUT2D eigenvalue weighted by atomic mass is 10.2. The summed E-state index contributed by atoms with van der Waals surface area (Å²) in [7, 11) is 0. The molecule has 3 rings (SSSR count). The number of amides is 1. The quantitative estimate of drug-likeness (QED) is 0.592. The number of nitrogens with one attached hydrogen (secondary N) is 1. The Morgan fingerprint density at radius 1 is 1.28 bits per heavy atom. The van der Waals surface area contributed by atoms with Crippen LogP contribution in [-0.4, -0.2) is 10.9 Å². The lowest BCUT2D eigenvalue weighted by molar-refractivity contribution is -0.116. The predicted molar refractivity (Wildman–Crippen MR) is 98.0 cm³/mol. The normalized spacial score (nSPS) is 10.7. The third-order valence-corrected chi connectivity index (χ3v) is 4.29. The number of benzene rings is 2. The number of hydrogen-bond donors (Lipinski definition) is 1. The molecule has 0 bridgehead atoms. The maximum Gasteiger partial charge on any atom is 0.224 e. The first kappa shape index (κ1) is 17.6. The highest BCUT2D eigenvalue weighted by Crippen LogP contribution is 2.28. The maximum atomic E-state index is 13.7. The van der Waals surface area contributed by atoms with Crippen molar-refractivity contribution in [3.05, 3.63) is 69.9 Å². The van der Waals surface area contributed by atoms with Gasteiger partial charge in [-0.1, -0.05) is 39.7 Å². The molecule has 1 aromatic heterocycles. The number of anilines is 1. The molecule has 0 fully saturated rings. The van der Waals surface area contributed by atoms with E-state index in [-0.39, 0.29) is 18.0 Å². The SMILES string of the molecule is O=C(CCc1ncc(-c2ccccc2Cl)o1)Nc1ccc(Br)cc1F. The summed E-state index contributed by atoms with van der Waals surface area (Å²) in [5.74, 6) is 0.139. The highest BCUT2D eigenvalue weighted by atomic mass is 79.9. The standard InChI is InChI=1S/C18H13BrClFN2O2/c19-11-5-6-15(14(21)9-11)23-17(24)7-8-18-22-10-16(25-18)12-3-1-2-4-13(12)20/h1-6,9-10H,7-8H2,(H,23,24). The average molecular weight is 424 g/mol. The molecule has 4 nitrogen and oxygen atoms in total. The molecular weight excluding hydrogens is 411 g/mol. The van der Waals surface area contributed by atoms with Crippen LogP contribution in [0.15, 0.2) is 57.6 Å². The molecule has 0 aliphatic rings. The van der Waals surface area contributed by atoms with Crippen molar-refractivity contribution in [1.29, 1.82) is 0 Å². The monoisotopic (exact) mass is 422 g/mol. The molecule has 0 radical (unpaired) electrons. The van der Waals surface area contributed by atoms with E-state index < -0.39 is 5.82 Å². The van der Waals surface area contributed by atoms with E-state index in [1.54, 1.807) is 18.3 Å². The van der Waals surface area contributed by atoms with Crippen molar-refractivity contribution in [3.63, 3.8) is 0 Å². The molecule has 0 saturated heterocycles. The third kappa shape index (κ3) is 4.46. The van der Waals surface area contributed by atoms with Crippen LogP contribution in [0.1, 0.15) is 12.3 Å². The van der Waals surface area contributed by atoms with E-state index in [9.17, 15) is 9.18 Å². The molecule has 128 valence electrons. The molecule has 3 aromatic rings. The predicted octanol–water partition coefficient (Wildman–Crippen LogP) is 5.47. The fourth-order valence-corrected chi connectivity index (χ4v) is 2.80. The molecule has 0 atom stereocenters. The van der Waals surface area contributed by atoms with Gasteiger partial charge >= 0.3 is 0 Å². The van der Waals surface area contributed by atoms with Gasteiger partial charge in [-0.15, -0.1) is 0 Å². The molecule has 0 saturated carbocycles. The number of rotatable bonds is 5. The van der Waals surface area contributed by atoms with Gasteiger partial charge in [0.2, 0.25) is 5.91 Å². The van der Waals surface area contributed by atoms with Gasteiger partial charge in [-0.3, -0.25) is 4.79 Å². The van der Waals surface area contributed by atoms with Gasteiger partial charge in [0.05, 0.1) is 16.9 Å². The number of carbonyl (C=O) groups excluding carboxylic acids is 1. The van der Waals surface area contributed by atoms with Crippen LogP contribution in [0.4, 0.5) is 10.1 Å². The Balaban J connectivity index is 1.60. The lowest BCUT2D eigenvalue weighted by Crippen LogP contribution is -2.13. The fourth-order valence-electron chi connectivity index (χ4n) is 2.24. The van der Waals surface area contributed by atoms with Crippen molar-refractivity contribution in [2.75, 3.05) is 5.32 Å². The number of hydrogen-bond acceptors (Lipinski definition) is 3. The van der Waals surface area contributed by atoms with Crippen molar-refractivity contribution in [1.82, 2.24) is 4.98 Å². The molecule has 7 heteroatoms. The lowest BCUT2D eigenvalue weighted by Gasteiger charge is -2.06. The van der Waals surface area contributed by atoms with Crippen molar-refractivity contribution in [2.24, 2.45) is 0 Å². The molecule has 0 unspecified atom stereocenters. The number of aromatic nitrogens is 1. The molecule has 25 heavy (non-hydrogen) atoms. The summed E-state index contributed by atoms with van der Waals surface area (Å²) in [6.07, 6.45) is 2.00. The van der Waals surface area contributed by atoms with Gasteiger partial charge in [0.15, 0.2) is 11.7 Å². The van der Waals surface area contributed by atoms with Crippen LogP contribution in [0.25, 0.3) is 11.3 Å². The first-order valence-electron chi connectivity index (χ1n) is 7.47. The van der Waals surface area contributed by atoms with Gasteiger partial charge in [-0.05, 0) is 30.3 Å². The molecule has 1 amide bonds. The topological polar surface area (TPSA) is 55.1 Å². The first-order valence-corrected chi connectivity index (χ1v) is 8.64. The fraction of sp³-hybridized carbons (Fsp3) is 0.111. The third-order valence-electron chi connectivity index (χ3n) is 3.46. The van der Waals surface area contributed by atoms with Crippen LogP contribution in [0.2, 0.25) is 5.02 Å². The minimum atomic E-state index is -0.500. The minimum Gasteiger partial charge on any atom is -0.441 e. The van der Waals surface area contributed by atoms with Crippen molar-refractivity contribution >= 4 is 39.1 Å². The number of carbonyl (C=O) groups is 1. The van der Waals surface area contributed by atoms with Crippen LogP contribution >= 0.6 is 27.5 Å². The summed E-state index contributed by atoms with van der Waals surface area (Å²) in [4.78, 5) is 16.1. The largest absolute Gasteiger partial charge is 0.441 e. The van der Waals surface area contributed by atoms with E-state index in [1.807, 2.05) is 18.2 Å². The van der Waals surface area contributed by atoms with Crippen LogP contribution in [-0.2, 0) is 11.2 Å². The van der Waals surface area contributed by atoms with Gasteiger partial charge in [-0.25, -0.2) is 9.37 Å². The Labute approximate surface area is 157 Å².